The Balaban J connectivity index is 1.59. The Bertz CT molecular complexity index is 828. The molecule has 3 rings (SSSR count). The smallest absolute Gasteiger partial charge is 0.273 e. The summed E-state index contributed by atoms with van der Waals surface area (Å²) in [4.78, 5) is 30.2. The molecule has 0 aliphatic heterocycles. The Labute approximate surface area is 160 Å². The van der Waals surface area contributed by atoms with Crippen molar-refractivity contribution >= 4 is 34.8 Å². The molecule has 0 spiro atoms. The van der Waals surface area contributed by atoms with Crippen LogP contribution in [0.15, 0.2) is 29.6 Å². The minimum atomic E-state index is -1.03. The number of carbonyl (C=O) groups is 2. The monoisotopic (exact) mass is 395 g/mol. The third kappa shape index (κ3) is 4.40. The third-order valence-corrected chi connectivity index (χ3v) is 5.25. The first-order valence-corrected chi connectivity index (χ1v) is 9.52. The van der Waals surface area contributed by atoms with E-state index in [-0.39, 0.29) is 17.9 Å². The molecule has 2 aromatic rings. The van der Waals surface area contributed by atoms with Crippen LogP contribution >= 0.6 is 22.9 Å². The van der Waals surface area contributed by atoms with Gasteiger partial charge in [-0.05, 0) is 25.5 Å². The van der Waals surface area contributed by atoms with Gasteiger partial charge >= 0.3 is 0 Å². The van der Waals surface area contributed by atoms with Crippen LogP contribution in [0, 0.1) is 5.92 Å². The predicted octanol–water partition coefficient (Wildman–Crippen LogP) is 3.40. The number of likely N-dealkylation sites (N-methyl/N-ethyl adjacent to an activating group) is 1. The number of hydrogen-bond donors (Lipinski definition) is 1. The van der Waals surface area contributed by atoms with Crippen LogP contribution in [0.25, 0.3) is 10.6 Å². The maximum atomic E-state index is 12.9. The molecule has 1 saturated carbocycles. The highest BCUT2D eigenvalue weighted by Gasteiger charge is 2.43. The van der Waals surface area contributed by atoms with Crippen LogP contribution in [-0.4, -0.2) is 47.5 Å². The summed E-state index contributed by atoms with van der Waals surface area (Å²) >= 11 is 7.36. The third-order valence-electron chi connectivity index (χ3n) is 4.13. The number of alkyl halides is 1. The average molecular weight is 396 g/mol. The first-order valence-electron chi connectivity index (χ1n) is 8.26. The zero-order valence-corrected chi connectivity index (χ0v) is 16.0. The van der Waals surface area contributed by atoms with E-state index >= 15 is 0 Å². The van der Waals surface area contributed by atoms with Gasteiger partial charge in [0, 0.05) is 35.6 Å². The summed E-state index contributed by atoms with van der Waals surface area (Å²) in [5.74, 6) is -1.05. The number of carbonyl (C=O) groups excluding carboxylic acids is 2. The van der Waals surface area contributed by atoms with E-state index in [1.54, 1.807) is 31.5 Å². The predicted molar refractivity (Wildman–Crippen MR) is 100 cm³/mol. The lowest BCUT2D eigenvalue weighted by molar-refractivity contribution is -0.123. The lowest BCUT2D eigenvalue weighted by Crippen LogP contribution is -2.43. The van der Waals surface area contributed by atoms with Crippen LogP contribution in [0.1, 0.15) is 23.8 Å². The Morgan fingerprint density at radius 3 is 2.88 bits per heavy atom. The molecule has 1 heterocycles. The lowest BCUT2D eigenvalue weighted by atomic mass is 10.2. The molecule has 1 aliphatic carbocycles. The summed E-state index contributed by atoms with van der Waals surface area (Å²) in [6.45, 7) is 2.11. The van der Waals surface area contributed by atoms with Crippen LogP contribution < -0.4 is 5.32 Å². The van der Waals surface area contributed by atoms with Gasteiger partial charge < -0.3 is 10.2 Å². The highest BCUT2D eigenvalue weighted by molar-refractivity contribution is 7.13. The van der Waals surface area contributed by atoms with Crippen LogP contribution in [-0.2, 0) is 4.79 Å². The van der Waals surface area contributed by atoms with Crippen molar-refractivity contribution in [3.05, 3.63) is 40.4 Å². The molecular formula is C18H19ClFN3O2S. The number of amides is 2. The fraction of sp³-hybridized carbons (Fsp3) is 0.389. The fourth-order valence-electron chi connectivity index (χ4n) is 2.65. The minimum Gasteiger partial charge on any atom is -0.352 e. The summed E-state index contributed by atoms with van der Waals surface area (Å²) in [7, 11) is 1.65. The van der Waals surface area contributed by atoms with Gasteiger partial charge in [0.05, 0.1) is 5.92 Å². The second-order valence-electron chi connectivity index (χ2n) is 6.50. The van der Waals surface area contributed by atoms with Crippen LogP contribution in [0.4, 0.5) is 4.39 Å². The molecular weight excluding hydrogens is 377 g/mol. The zero-order valence-electron chi connectivity index (χ0n) is 14.4. The molecule has 1 fully saturated rings. The first-order chi connectivity index (χ1) is 12.3. The fourth-order valence-corrected chi connectivity index (χ4v) is 3.63. The SMILES string of the molecule is C[C@@H](CN(C)C(=O)c1csc(-c2cccc(Cl)c2)n1)NC(=O)[C@H]1C[C@H]1F. The Kier molecular flexibility index (Phi) is 5.58. The van der Waals surface area contributed by atoms with E-state index in [1.165, 1.54) is 16.2 Å². The van der Waals surface area contributed by atoms with Crippen molar-refractivity contribution in [2.45, 2.75) is 25.6 Å². The number of hydrogen-bond acceptors (Lipinski definition) is 4. The van der Waals surface area contributed by atoms with E-state index < -0.39 is 12.1 Å². The normalized spacial score (nSPS) is 19.7. The summed E-state index contributed by atoms with van der Waals surface area (Å²) < 4.78 is 12.9. The number of rotatable bonds is 6. The maximum absolute atomic E-state index is 12.9. The van der Waals surface area contributed by atoms with Gasteiger partial charge in [-0.3, -0.25) is 9.59 Å². The standard InChI is InChI=1S/C18H19ClFN3O2S/c1-10(21-16(24)13-7-14(13)20)8-23(2)18(25)15-9-26-17(22-15)11-4-3-5-12(19)6-11/h3-6,9-10,13-14H,7-8H2,1-2H3,(H,21,24)/t10-,13-,14+/m0/s1. The Morgan fingerprint density at radius 1 is 1.50 bits per heavy atom. The summed E-state index contributed by atoms with van der Waals surface area (Å²) in [5.41, 5.74) is 1.20. The number of nitrogens with zero attached hydrogens (tertiary/aromatic N) is 2. The van der Waals surface area contributed by atoms with E-state index in [1.807, 2.05) is 12.1 Å². The van der Waals surface area contributed by atoms with Crippen molar-refractivity contribution in [3.63, 3.8) is 0 Å². The molecule has 0 saturated heterocycles. The van der Waals surface area contributed by atoms with Crippen LogP contribution in [0.3, 0.4) is 0 Å². The molecule has 26 heavy (non-hydrogen) atoms. The number of aromatic nitrogens is 1. The molecule has 3 atom stereocenters. The second-order valence-corrected chi connectivity index (χ2v) is 7.80. The van der Waals surface area contributed by atoms with Crippen molar-refractivity contribution in [2.75, 3.05) is 13.6 Å². The average Bonchev–Trinajstić information content (AvgIpc) is 3.13. The van der Waals surface area contributed by atoms with Crippen molar-refractivity contribution in [2.24, 2.45) is 5.92 Å². The van der Waals surface area contributed by atoms with E-state index in [9.17, 15) is 14.0 Å². The van der Waals surface area contributed by atoms with Crippen molar-refractivity contribution in [1.82, 2.24) is 15.2 Å². The Hall–Kier alpha value is -1.99. The molecule has 1 N–H and O–H groups in total. The van der Waals surface area contributed by atoms with Gasteiger partial charge in [0.2, 0.25) is 5.91 Å². The molecule has 1 aliphatic rings. The molecule has 2 amide bonds. The molecule has 1 aromatic heterocycles. The number of halogens is 2. The van der Waals surface area contributed by atoms with E-state index in [0.29, 0.717) is 28.7 Å². The lowest BCUT2D eigenvalue weighted by Gasteiger charge is -2.21. The highest BCUT2D eigenvalue weighted by Crippen LogP contribution is 2.33. The van der Waals surface area contributed by atoms with Crippen molar-refractivity contribution in [3.8, 4) is 10.6 Å². The number of benzene rings is 1. The summed E-state index contributed by atoms with van der Waals surface area (Å²) in [5, 5.41) is 5.77. The quantitative estimate of drug-likeness (QED) is 0.815. The number of nitrogens with one attached hydrogen (secondary N) is 1. The van der Waals surface area contributed by atoms with Crippen molar-refractivity contribution < 1.29 is 14.0 Å². The largest absolute Gasteiger partial charge is 0.352 e. The topological polar surface area (TPSA) is 62.3 Å². The molecule has 0 radical (unpaired) electrons. The first kappa shape index (κ1) is 18.8. The van der Waals surface area contributed by atoms with Crippen molar-refractivity contribution in [1.29, 1.82) is 0 Å². The summed E-state index contributed by atoms with van der Waals surface area (Å²) in [6.07, 6.45) is -0.736. The van der Waals surface area contributed by atoms with Gasteiger partial charge in [0.25, 0.3) is 5.91 Å². The van der Waals surface area contributed by atoms with Crippen LogP contribution in [0.2, 0.25) is 5.02 Å². The van der Waals surface area contributed by atoms with Gasteiger partial charge in [-0.1, -0.05) is 23.7 Å². The molecule has 0 unspecified atom stereocenters. The van der Waals surface area contributed by atoms with E-state index in [2.05, 4.69) is 10.3 Å². The van der Waals surface area contributed by atoms with Crippen LogP contribution in [0.5, 0.6) is 0 Å². The van der Waals surface area contributed by atoms with Gasteiger partial charge in [-0.2, -0.15) is 0 Å². The minimum absolute atomic E-state index is 0.231. The second kappa shape index (κ2) is 7.72. The van der Waals surface area contributed by atoms with Gasteiger partial charge in [0.1, 0.15) is 16.9 Å². The van der Waals surface area contributed by atoms with Gasteiger partial charge in [0.15, 0.2) is 0 Å². The summed E-state index contributed by atoms with van der Waals surface area (Å²) in [6, 6.07) is 7.03. The molecule has 0 bridgehead atoms. The van der Waals surface area contributed by atoms with Gasteiger partial charge in [-0.25, -0.2) is 9.37 Å². The maximum Gasteiger partial charge on any atom is 0.273 e. The molecule has 1 aromatic carbocycles. The molecule has 138 valence electrons. The highest BCUT2D eigenvalue weighted by atomic mass is 35.5. The van der Waals surface area contributed by atoms with E-state index in [0.717, 1.165) is 5.56 Å². The zero-order chi connectivity index (χ0) is 18.8. The Morgan fingerprint density at radius 2 is 2.23 bits per heavy atom. The molecule has 5 nitrogen and oxygen atoms in total. The van der Waals surface area contributed by atoms with Gasteiger partial charge in [-0.15, -0.1) is 11.3 Å². The van der Waals surface area contributed by atoms with E-state index in [4.69, 9.17) is 11.6 Å². The number of thiazole rings is 1. The molecule has 8 heteroatoms.